The molecule has 2 aliphatic heterocycles. The molecular weight excluding hydrogens is 451 g/mol. The summed E-state index contributed by atoms with van der Waals surface area (Å²) in [5, 5.41) is 3.92. The Bertz CT molecular complexity index is 1180. The standard InChI is InChI=1S/C26H31FN4O4/c1-4-17-21(30-25(33)23(17)27)14-35-26-19-12-22(34-3)20(24(28)32)11-18(19)16(13-29-26)6-5-15-7-9-31(2)10-8-15/h11-13,15,17,21,23H,4,7-10,14H2,1-3H3,(H2,28,32)(H,30,33)/t17-,21+,23-/m0/s1. The van der Waals surface area contributed by atoms with Crippen LogP contribution < -0.4 is 20.5 Å². The van der Waals surface area contributed by atoms with Crippen LogP contribution in [0.2, 0.25) is 0 Å². The van der Waals surface area contributed by atoms with Crippen LogP contribution >= 0.6 is 0 Å². The molecule has 3 N–H and O–H groups in total. The van der Waals surface area contributed by atoms with Crippen molar-refractivity contribution < 1.29 is 23.5 Å². The lowest BCUT2D eigenvalue weighted by atomic mass is 9.96. The number of likely N-dealkylation sites (tertiary alicyclic amines) is 1. The van der Waals surface area contributed by atoms with Gasteiger partial charge in [-0.25, -0.2) is 9.37 Å². The lowest BCUT2D eigenvalue weighted by Crippen LogP contribution is -2.34. The third-order valence-corrected chi connectivity index (χ3v) is 6.91. The first-order chi connectivity index (χ1) is 16.8. The van der Waals surface area contributed by atoms with Crippen molar-refractivity contribution in [3.05, 3.63) is 29.5 Å². The van der Waals surface area contributed by atoms with Crippen molar-refractivity contribution in [1.29, 1.82) is 0 Å². The zero-order valence-corrected chi connectivity index (χ0v) is 20.3. The average Bonchev–Trinajstić information content (AvgIpc) is 3.13. The summed E-state index contributed by atoms with van der Waals surface area (Å²) in [6, 6.07) is 2.84. The fraction of sp³-hybridized carbons (Fsp3) is 0.500. The molecule has 0 spiro atoms. The summed E-state index contributed by atoms with van der Waals surface area (Å²) in [7, 11) is 3.55. The summed E-state index contributed by atoms with van der Waals surface area (Å²) in [4.78, 5) is 30.6. The molecule has 2 fully saturated rings. The monoisotopic (exact) mass is 482 g/mol. The number of carbonyl (C=O) groups excluding carboxylic acids is 2. The van der Waals surface area contributed by atoms with Gasteiger partial charge in [0.25, 0.3) is 11.8 Å². The Kier molecular flexibility index (Phi) is 7.41. The van der Waals surface area contributed by atoms with Gasteiger partial charge in [-0.15, -0.1) is 0 Å². The van der Waals surface area contributed by atoms with E-state index >= 15 is 0 Å². The van der Waals surface area contributed by atoms with Crippen molar-refractivity contribution in [3.8, 4) is 23.5 Å². The lowest BCUT2D eigenvalue weighted by Gasteiger charge is -2.25. The van der Waals surface area contributed by atoms with E-state index in [9.17, 15) is 14.0 Å². The number of pyridine rings is 1. The number of halogens is 1. The number of rotatable bonds is 6. The number of nitrogens with two attached hydrogens (primary N) is 1. The van der Waals surface area contributed by atoms with Crippen molar-refractivity contribution in [2.24, 2.45) is 17.6 Å². The molecule has 9 heteroatoms. The van der Waals surface area contributed by atoms with Crippen molar-refractivity contribution in [3.63, 3.8) is 0 Å². The van der Waals surface area contributed by atoms with Crippen molar-refractivity contribution in [2.45, 2.75) is 38.4 Å². The Balaban J connectivity index is 1.69. The molecule has 2 saturated heterocycles. The number of benzene rings is 1. The molecule has 8 nitrogen and oxygen atoms in total. The molecule has 0 aliphatic carbocycles. The number of methoxy groups -OCH3 is 1. The largest absolute Gasteiger partial charge is 0.496 e. The Morgan fingerprint density at radius 2 is 2.06 bits per heavy atom. The quantitative estimate of drug-likeness (QED) is 0.612. The Morgan fingerprint density at radius 3 is 2.71 bits per heavy atom. The van der Waals surface area contributed by atoms with Crippen molar-refractivity contribution in [2.75, 3.05) is 33.9 Å². The smallest absolute Gasteiger partial charge is 0.255 e. The maximum Gasteiger partial charge on any atom is 0.255 e. The normalized spacial score (nSPS) is 23.0. The van der Waals surface area contributed by atoms with Crippen LogP contribution in [0.25, 0.3) is 10.8 Å². The van der Waals surface area contributed by atoms with Crippen LogP contribution in [0.4, 0.5) is 4.39 Å². The highest BCUT2D eigenvalue weighted by Crippen LogP contribution is 2.33. The zero-order chi connectivity index (χ0) is 25.1. The minimum absolute atomic E-state index is 0.0628. The van der Waals surface area contributed by atoms with Gasteiger partial charge in [-0.3, -0.25) is 9.59 Å². The number of nitrogens with one attached hydrogen (secondary N) is 1. The Morgan fingerprint density at radius 1 is 1.31 bits per heavy atom. The lowest BCUT2D eigenvalue weighted by molar-refractivity contribution is -0.123. The summed E-state index contributed by atoms with van der Waals surface area (Å²) in [6.45, 7) is 3.91. The summed E-state index contributed by atoms with van der Waals surface area (Å²) >= 11 is 0. The molecule has 35 heavy (non-hydrogen) atoms. The van der Waals surface area contributed by atoms with E-state index in [1.54, 1.807) is 18.3 Å². The number of carbonyl (C=O) groups is 2. The van der Waals surface area contributed by atoms with E-state index in [0.717, 1.165) is 25.9 Å². The molecule has 2 aliphatic rings. The van der Waals surface area contributed by atoms with Gasteiger partial charge in [0.1, 0.15) is 12.4 Å². The highest BCUT2D eigenvalue weighted by molar-refractivity contribution is 6.03. The third kappa shape index (κ3) is 5.17. The predicted molar refractivity (Wildman–Crippen MR) is 130 cm³/mol. The first kappa shape index (κ1) is 24.7. The Labute approximate surface area is 204 Å². The molecular formula is C26H31FN4O4. The van der Waals surface area contributed by atoms with Gasteiger partial charge in [0.2, 0.25) is 5.88 Å². The number of piperidine rings is 1. The molecule has 3 heterocycles. The van der Waals surface area contributed by atoms with E-state index in [1.807, 2.05) is 6.92 Å². The van der Waals surface area contributed by atoms with E-state index in [1.165, 1.54) is 7.11 Å². The van der Waals surface area contributed by atoms with Gasteiger partial charge in [0.15, 0.2) is 6.17 Å². The number of hydrogen-bond acceptors (Lipinski definition) is 6. The molecule has 1 aromatic carbocycles. The number of alkyl halides is 1. The second kappa shape index (κ2) is 10.5. The number of aromatic nitrogens is 1. The summed E-state index contributed by atoms with van der Waals surface area (Å²) in [5.74, 6) is 5.76. The van der Waals surface area contributed by atoms with Gasteiger partial charge in [-0.1, -0.05) is 18.8 Å². The van der Waals surface area contributed by atoms with Gasteiger partial charge in [0.05, 0.1) is 24.3 Å². The first-order valence-electron chi connectivity index (χ1n) is 11.9. The highest BCUT2D eigenvalue weighted by atomic mass is 19.1. The summed E-state index contributed by atoms with van der Waals surface area (Å²) in [6.07, 6.45) is 2.56. The number of fused-ring (bicyclic) bond motifs is 1. The maximum absolute atomic E-state index is 14.2. The Hall–Kier alpha value is -3.38. The zero-order valence-electron chi connectivity index (χ0n) is 20.3. The van der Waals surface area contributed by atoms with Gasteiger partial charge in [-0.05, 0) is 51.5 Å². The second-order valence-electron chi connectivity index (χ2n) is 9.19. The fourth-order valence-corrected chi connectivity index (χ4v) is 4.74. The van der Waals surface area contributed by atoms with Crippen molar-refractivity contribution in [1.82, 2.24) is 15.2 Å². The van der Waals surface area contributed by atoms with E-state index < -0.39 is 29.9 Å². The van der Waals surface area contributed by atoms with Crippen LogP contribution in [-0.4, -0.2) is 67.8 Å². The molecule has 2 amide bonds. The van der Waals surface area contributed by atoms with Crippen LogP contribution in [-0.2, 0) is 4.79 Å². The van der Waals surface area contributed by atoms with Gasteiger partial charge in [-0.2, -0.15) is 0 Å². The average molecular weight is 483 g/mol. The summed E-state index contributed by atoms with van der Waals surface area (Å²) < 4.78 is 25.5. The van der Waals surface area contributed by atoms with Crippen LogP contribution in [0.3, 0.4) is 0 Å². The number of hydrogen-bond donors (Lipinski definition) is 2. The highest BCUT2D eigenvalue weighted by Gasteiger charge is 2.41. The topological polar surface area (TPSA) is 107 Å². The fourth-order valence-electron chi connectivity index (χ4n) is 4.74. The third-order valence-electron chi connectivity index (χ3n) is 6.91. The first-order valence-corrected chi connectivity index (χ1v) is 11.9. The second-order valence-corrected chi connectivity index (χ2v) is 9.19. The van der Waals surface area contributed by atoms with E-state index in [-0.39, 0.29) is 24.0 Å². The van der Waals surface area contributed by atoms with E-state index in [0.29, 0.717) is 28.5 Å². The van der Waals surface area contributed by atoms with Crippen molar-refractivity contribution >= 4 is 22.6 Å². The van der Waals surface area contributed by atoms with Crippen LogP contribution in [0.15, 0.2) is 18.3 Å². The van der Waals surface area contributed by atoms with Crippen LogP contribution in [0.5, 0.6) is 11.6 Å². The van der Waals surface area contributed by atoms with Crippen LogP contribution in [0, 0.1) is 23.7 Å². The molecule has 2 aromatic rings. The molecule has 0 bridgehead atoms. The minimum atomic E-state index is -1.55. The minimum Gasteiger partial charge on any atom is -0.496 e. The predicted octanol–water partition coefficient (Wildman–Crippen LogP) is 2.28. The molecule has 1 aromatic heterocycles. The number of nitrogens with zero attached hydrogens (tertiary/aromatic N) is 2. The van der Waals surface area contributed by atoms with E-state index in [4.69, 9.17) is 15.2 Å². The van der Waals surface area contributed by atoms with Gasteiger partial charge >= 0.3 is 0 Å². The molecule has 0 unspecified atom stereocenters. The molecule has 4 rings (SSSR count). The number of ether oxygens (including phenoxy) is 2. The molecule has 186 valence electrons. The van der Waals surface area contributed by atoms with Gasteiger partial charge in [0, 0.05) is 28.8 Å². The molecule has 0 saturated carbocycles. The van der Waals surface area contributed by atoms with E-state index in [2.05, 4.69) is 34.1 Å². The van der Waals surface area contributed by atoms with Gasteiger partial charge < -0.3 is 25.4 Å². The van der Waals surface area contributed by atoms with Crippen LogP contribution in [0.1, 0.15) is 42.1 Å². The molecule has 3 atom stereocenters. The SMILES string of the molecule is CC[C@@H]1[C@H](F)C(=O)N[C@@H]1COc1ncc(C#CC2CCN(C)CC2)c2cc(C(N)=O)c(OC)cc12. The number of amides is 2. The number of primary amides is 1. The summed E-state index contributed by atoms with van der Waals surface area (Å²) in [5.41, 5.74) is 6.47. The maximum atomic E-state index is 14.2. The molecule has 0 radical (unpaired) electrons.